The fourth-order valence-electron chi connectivity index (χ4n) is 3.60. The van der Waals surface area contributed by atoms with Crippen molar-refractivity contribution >= 4 is 11.9 Å². The first-order valence-electron chi connectivity index (χ1n) is 9.52. The van der Waals surface area contributed by atoms with E-state index in [9.17, 15) is 22.8 Å². The summed E-state index contributed by atoms with van der Waals surface area (Å²) in [5, 5.41) is 20.3. The molecule has 0 spiro atoms. The molecule has 1 saturated carbocycles. The van der Waals surface area contributed by atoms with E-state index in [1.807, 2.05) is 7.05 Å². The van der Waals surface area contributed by atoms with Crippen molar-refractivity contribution in [1.29, 1.82) is 0 Å². The predicted molar refractivity (Wildman–Crippen MR) is 106 cm³/mol. The normalized spacial score (nSPS) is 15.6. The Morgan fingerprint density at radius 1 is 0.900 bits per heavy atom. The van der Waals surface area contributed by atoms with Crippen LogP contribution in [-0.4, -0.2) is 29.2 Å². The number of rotatable bonds is 4. The zero-order chi connectivity index (χ0) is 22.4. The Hall–Kier alpha value is -2.87. The van der Waals surface area contributed by atoms with Crippen molar-refractivity contribution in [2.45, 2.75) is 43.8 Å². The number of halogens is 3. The van der Waals surface area contributed by atoms with Gasteiger partial charge in [-0.1, -0.05) is 37.5 Å². The molecule has 0 bridgehead atoms. The first-order chi connectivity index (χ1) is 14.1. The number of carbonyl (C=O) groups is 2. The van der Waals surface area contributed by atoms with Gasteiger partial charge in [0.2, 0.25) is 0 Å². The molecule has 30 heavy (non-hydrogen) atoms. The topological polar surface area (TPSA) is 86.6 Å². The summed E-state index contributed by atoms with van der Waals surface area (Å²) in [5.74, 6) is -2.25. The summed E-state index contributed by atoms with van der Waals surface area (Å²) in [6, 6.07) is 10.8. The van der Waals surface area contributed by atoms with Gasteiger partial charge in [0.25, 0.3) is 0 Å². The van der Waals surface area contributed by atoms with Crippen LogP contribution in [0.3, 0.4) is 0 Å². The van der Waals surface area contributed by atoms with E-state index in [-0.39, 0.29) is 16.7 Å². The van der Waals surface area contributed by atoms with E-state index in [4.69, 9.17) is 10.2 Å². The highest BCUT2D eigenvalue weighted by Gasteiger charge is 2.34. The molecule has 5 nitrogen and oxygen atoms in total. The Morgan fingerprint density at radius 2 is 1.40 bits per heavy atom. The average molecular weight is 423 g/mol. The number of hydrogen-bond donors (Lipinski definition) is 3. The number of carboxylic acids is 2. The van der Waals surface area contributed by atoms with Gasteiger partial charge in [-0.2, -0.15) is 13.2 Å². The molecule has 1 aliphatic rings. The van der Waals surface area contributed by atoms with Crippen LogP contribution >= 0.6 is 0 Å². The van der Waals surface area contributed by atoms with Crippen LogP contribution in [0.25, 0.3) is 0 Å². The van der Waals surface area contributed by atoms with Crippen molar-refractivity contribution in [3.05, 3.63) is 70.8 Å². The molecule has 2 aromatic carbocycles. The van der Waals surface area contributed by atoms with Crippen LogP contribution in [0.15, 0.2) is 48.5 Å². The molecule has 0 heterocycles. The lowest BCUT2D eigenvalue weighted by Crippen LogP contribution is -2.41. The van der Waals surface area contributed by atoms with Crippen molar-refractivity contribution < 1.29 is 33.0 Å². The zero-order valence-electron chi connectivity index (χ0n) is 16.5. The Morgan fingerprint density at radius 3 is 1.80 bits per heavy atom. The average Bonchev–Trinajstić information content (AvgIpc) is 2.74. The summed E-state index contributed by atoms with van der Waals surface area (Å²) in [6.45, 7) is 0. The van der Waals surface area contributed by atoms with Gasteiger partial charge in [-0.05, 0) is 55.8 Å². The van der Waals surface area contributed by atoms with Crippen LogP contribution < -0.4 is 5.32 Å². The van der Waals surface area contributed by atoms with Gasteiger partial charge in [-0.15, -0.1) is 0 Å². The molecule has 162 valence electrons. The summed E-state index contributed by atoms with van der Waals surface area (Å²) in [5.41, 5.74) is 0.221. The highest BCUT2D eigenvalue weighted by Crippen LogP contribution is 2.38. The maximum Gasteiger partial charge on any atom is 0.416 e. The molecular weight excluding hydrogens is 399 g/mol. The predicted octanol–water partition coefficient (Wildman–Crippen LogP) is 5.17. The van der Waals surface area contributed by atoms with Gasteiger partial charge in [0.05, 0.1) is 16.7 Å². The van der Waals surface area contributed by atoms with Crippen LogP contribution in [0.4, 0.5) is 13.2 Å². The first kappa shape index (κ1) is 23.4. The van der Waals surface area contributed by atoms with E-state index in [0.29, 0.717) is 0 Å². The molecule has 1 aliphatic carbocycles. The third-order valence-corrected chi connectivity index (χ3v) is 5.31. The summed E-state index contributed by atoms with van der Waals surface area (Å²) in [6.07, 6.45) is 1.20. The second kappa shape index (κ2) is 9.75. The van der Waals surface area contributed by atoms with Crippen LogP contribution in [0.1, 0.15) is 63.9 Å². The van der Waals surface area contributed by atoms with Crippen LogP contribution in [0, 0.1) is 0 Å². The minimum absolute atomic E-state index is 0.0186. The molecule has 3 rings (SSSR count). The van der Waals surface area contributed by atoms with Crippen molar-refractivity contribution in [1.82, 2.24) is 5.32 Å². The fraction of sp³-hybridized carbons (Fsp3) is 0.364. The lowest BCUT2D eigenvalue weighted by atomic mass is 9.76. The number of carboxylic acid groups (broad SMARTS) is 2. The summed E-state index contributed by atoms with van der Waals surface area (Å²) < 4.78 is 37.6. The monoisotopic (exact) mass is 423 g/mol. The Balaban J connectivity index is 0.000000232. The van der Waals surface area contributed by atoms with E-state index in [1.165, 1.54) is 36.8 Å². The van der Waals surface area contributed by atoms with E-state index >= 15 is 0 Å². The first-order valence-corrected chi connectivity index (χ1v) is 9.52. The number of nitrogens with one attached hydrogen (secondary N) is 1. The number of benzene rings is 2. The molecule has 0 aliphatic heterocycles. The van der Waals surface area contributed by atoms with E-state index in [2.05, 4.69) is 5.32 Å². The Labute approximate surface area is 172 Å². The SMILES string of the molecule is CNC1(c2ccc(C(F)(F)F)cc2)CCCCC1.O=C(O)c1cccc(C(=O)O)c1. The second-order valence-electron chi connectivity index (χ2n) is 7.16. The lowest BCUT2D eigenvalue weighted by Gasteiger charge is -2.38. The third kappa shape index (κ3) is 5.82. The standard InChI is InChI=1S/C14H18F3N.C8H6O4/c1-18-13(9-3-2-4-10-13)11-5-7-12(8-6-11)14(15,16)17;9-7(10)5-2-1-3-6(4-5)8(11)12/h5-8,18H,2-4,9-10H2,1H3;1-4H,(H,9,10)(H,11,12). The molecule has 0 atom stereocenters. The Bertz CT molecular complexity index is 843. The quantitative estimate of drug-likeness (QED) is 0.632. The summed E-state index contributed by atoms with van der Waals surface area (Å²) in [7, 11) is 1.89. The largest absolute Gasteiger partial charge is 0.478 e. The molecule has 1 fully saturated rings. The minimum Gasteiger partial charge on any atom is -0.478 e. The second-order valence-corrected chi connectivity index (χ2v) is 7.16. The van der Waals surface area contributed by atoms with Gasteiger partial charge >= 0.3 is 18.1 Å². The van der Waals surface area contributed by atoms with Gasteiger partial charge in [0.15, 0.2) is 0 Å². The molecule has 0 aromatic heterocycles. The third-order valence-electron chi connectivity index (χ3n) is 5.31. The van der Waals surface area contributed by atoms with Crippen molar-refractivity contribution in [2.75, 3.05) is 7.05 Å². The number of alkyl halides is 3. The van der Waals surface area contributed by atoms with E-state index in [0.717, 1.165) is 37.3 Å². The van der Waals surface area contributed by atoms with Gasteiger partial charge in [0.1, 0.15) is 0 Å². The number of hydrogen-bond acceptors (Lipinski definition) is 3. The van der Waals surface area contributed by atoms with Crippen LogP contribution in [-0.2, 0) is 11.7 Å². The molecule has 2 aromatic rings. The molecule has 0 amide bonds. The molecule has 3 N–H and O–H groups in total. The van der Waals surface area contributed by atoms with Crippen LogP contribution in [0.5, 0.6) is 0 Å². The fourth-order valence-corrected chi connectivity index (χ4v) is 3.60. The zero-order valence-corrected chi connectivity index (χ0v) is 16.5. The summed E-state index contributed by atoms with van der Waals surface area (Å²) in [4.78, 5) is 20.8. The number of aromatic carboxylic acids is 2. The van der Waals surface area contributed by atoms with Crippen molar-refractivity contribution in [2.24, 2.45) is 0 Å². The van der Waals surface area contributed by atoms with Gasteiger partial charge in [-0.3, -0.25) is 0 Å². The smallest absolute Gasteiger partial charge is 0.416 e. The summed E-state index contributed by atoms with van der Waals surface area (Å²) >= 11 is 0. The molecule has 0 saturated heterocycles. The van der Waals surface area contributed by atoms with Gasteiger partial charge in [0, 0.05) is 5.54 Å². The van der Waals surface area contributed by atoms with E-state index < -0.39 is 23.7 Å². The van der Waals surface area contributed by atoms with E-state index in [1.54, 1.807) is 12.1 Å². The molecule has 0 radical (unpaired) electrons. The highest BCUT2D eigenvalue weighted by atomic mass is 19.4. The Kier molecular flexibility index (Phi) is 7.61. The van der Waals surface area contributed by atoms with Crippen LogP contribution in [0.2, 0.25) is 0 Å². The highest BCUT2D eigenvalue weighted by molar-refractivity contribution is 5.93. The van der Waals surface area contributed by atoms with Crippen molar-refractivity contribution in [3.63, 3.8) is 0 Å². The maximum atomic E-state index is 12.5. The maximum absolute atomic E-state index is 12.5. The van der Waals surface area contributed by atoms with Gasteiger partial charge < -0.3 is 15.5 Å². The molecule has 0 unspecified atom stereocenters. The minimum atomic E-state index is -4.25. The van der Waals surface area contributed by atoms with Crippen molar-refractivity contribution in [3.8, 4) is 0 Å². The lowest BCUT2D eigenvalue weighted by molar-refractivity contribution is -0.137. The molecule has 8 heteroatoms. The van der Waals surface area contributed by atoms with Gasteiger partial charge in [-0.25, -0.2) is 9.59 Å². The molecular formula is C22H24F3NO4.